The molecule has 110 valence electrons. The molecule has 0 aromatic heterocycles. The number of hydrogen-bond donors (Lipinski definition) is 1. The largest absolute Gasteiger partial charge is 0.392 e. The molecule has 0 heterocycles. The minimum absolute atomic E-state index is 0.0294. The average Bonchev–Trinajstić information content (AvgIpc) is 3.22. The fourth-order valence-electron chi connectivity index (χ4n) is 2.13. The number of hydrogen-bond acceptors (Lipinski definition) is 3. The molecule has 0 aliphatic heterocycles. The first-order chi connectivity index (χ1) is 9.41. The lowest BCUT2D eigenvalue weighted by Gasteiger charge is -2.22. The molecule has 0 bridgehead atoms. The smallest absolute Gasteiger partial charge is 0.243 e. The Morgan fingerprint density at radius 1 is 1.50 bits per heavy atom. The molecular formula is C14H18FNO3S. The van der Waals surface area contributed by atoms with E-state index in [1.54, 1.807) is 0 Å². The van der Waals surface area contributed by atoms with Crippen LogP contribution in [0.4, 0.5) is 4.39 Å². The normalized spacial score (nSPS) is 15.6. The zero-order valence-corrected chi connectivity index (χ0v) is 12.2. The summed E-state index contributed by atoms with van der Waals surface area (Å²) in [5, 5.41) is 9.12. The summed E-state index contributed by atoms with van der Waals surface area (Å²) in [6.45, 7) is 4.81. The Kier molecular flexibility index (Phi) is 4.27. The lowest BCUT2D eigenvalue weighted by Crippen LogP contribution is -2.34. The fourth-order valence-corrected chi connectivity index (χ4v) is 4.07. The highest BCUT2D eigenvalue weighted by Gasteiger charge is 2.38. The summed E-state index contributed by atoms with van der Waals surface area (Å²) in [5.74, 6) is -0.621. The maximum atomic E-state index is 13.8. The Bertz CT molecular complexity index is 624. The van der Waals surface area contributed by atoms with Gasteiger partial charge in [0.2, 0.25) is 10.0 Å². The van der Waals surface area contributed by atoms with Gasteiger partial charge < -0.3 is 5.11 Å². The second-order valence-electron chi connectivity index (χ2n) is 4.95. The number of aliphatic hydroxyl groups is 1. The van der Waals surface area contributed by atoms with Gasteiger partial charge in [-0.3, -0.25) is 0 Å². The first-order valence-electron chi connectivity index (χ1n) is 6.44. The molecule has 1 aliphatic rings. The van der Waals surface area contributed by atoms with Crippen molar-refractivity contribution >= 4 is 10.0 Å². The van der Waals surface area contributed by atoms with Crippen LogP contribution in [-0.2, 0) is 16.6 Å². The van der Waals surface area contributed by atoms with Gasteiger partial charge in [-0.25, -0.2) is 12.8 Å². The van der Waals surface area contributed by atoms with E-state index < -0.39 is 22.4 Å². The van der Waals surface area contributed by atoms with Crippen molar-refractivity contribution in [1.29, 1.82) is 0 Å². The van der Waals surface area contributed by atoms with E-state index in [0.29, 0.717) is 0 Å². The third kappa shape index (κ3) is 2.77. The van der Waals surface area contributed by atoms with Crippen LogP contribution < -0.4 is 0 Å². The number of rotatable bonds is 6. The highest BCUT2D eigenvalue weighted by Crippen LogP contribution is 2.33. The van der Waals surface area contributed by atoms with Gasteiger partial charge >= 0.3 is 0 Å². The maximum Gasteiger partial charge on any atom is 0.243 e. The topological polar surface area (TPSA) is 57.6 Å². The van der Waals surface area contributed by atoms with Crippen LogP contribution in [0.5, 0.6) is 0 Å². The Balaban J connectivity index is 2.52. The molecule has 0 atom stereocenters. The fraction of sp³-hybridized carbons (Fsp3) is 0.429. The molecule has 1 fully saturated rings. The molecule has 20 heavy (non-hydrogen) atoms. The van der Waals surface area contributed by atoms with Gasteiger partial charge in [-0.2, -0.15) is 4.31 Å². The number of aliphatic hydroxyl groups excluding tert-OH is 1. The van der Waals surface area contributed by atoms with Gasteiger partial charge in [0.1, 0.15) is 5.82 Å². The van der Waals surface area contributed by atoms with Crippen molar-refractivity contribution < 1.29 is 17.9 Å². The van der Waals surface area contributed by atoms with Crippen molar-refractivity contribution in [3.05, 3.63) is 41.7 Å². The van der Waals surface area contributed by atoms with E-state index >= 15 is 0 Å². The number of nitrogens with zero attached hydrogens (tertiary/aromatic N) is 1. The molecule has 1 aromatic rings. The zero-order valence-electron chi connectivity index (χ0n) is 11.3. The van der Waals surface area contributed by atoms with Crippen LogP contribution in [0.1, 0.15) is 24.0 Å². The van der Waals surface area contributed by atoms with Crippen molar-refractivity contribution in [2.24, 2.45) is 0 Å². The summed E-state index contributed by atoms with van der Waals surface area (Å²) in [4.78, 5) is -0.0738. The molecule has 0 unspecified atom stereocenters. The van der Waals surface area contributed by atoms with E-state index in [1.807, 2.05) is 0 Å². The quantitative estimate of drug-likeness (QED) is 0.817. The third-order valence-corrected chi connectivity index (χ3v) is 5.43. The summed E-state index contributed by atoms with van der Waals surface area (Å²) >= 11 is 0. The summed E-state index contributed by atoms with van der Waals surface area (Å²) in [6, 6.07) is 2.47. The van der Waals surface area contributed by atoms with E-state index in [4.69, 9.17) is 5.11 Å². The molecule has 0 radical (unpaired) electrons. The number of benzene rings is 1. The van der Waals surface area contributed by atoms with Gasteiger partial charge in [0.05, 0.1) is 11.5 Å². The first-order valence-corrected chi connectivity index (χ1v) is 7.88. The third-order valence-electron chi connectivity index (χ3n) is 3.39. The van der Waals surface area contributed by atoms with E-state index in [2.05, 4.69) is 6.58 Å². The first kappa shape index (κ1) is 15.2. The average molecular weight is 299 g/mol. The van der Waals surface area contributed by atoms with Crippen LogP contribution in [-0.4, -0.2) is 30.4 Å². The van der Waals surface area contributed by atoms with Gasteiger partial charge in [0.15, 0.2) is 0 Å². The van der Waals surface area contributed by atoms with E-state index in [1.165, 1.54) is 23.4 Å². The SMILES string of the molecule is C=CCN(C1CC1)S(=O)(=O)c1cc(CO)cc(F)c1C. The molecule has 6 heteroatoms. The van der Waals surface area contributed by atoms with Gasteiger partial charge in [-0.05, 0) is 37.5 Å². The predicted octanol–water partition coefficient (Wildman–Crippen LogP) is 1.97. The van der Waals surface area contributed by atoms with Gasteiger partial charge in [0.25, 0.3) is 0 Å². The van der Waals surface area contributed by atoms with Crippen molar-refractivity contribution in [1.82, 2.24) is 4.31 Å². The molecule has 1 aromatic carbocycles. The molecule has 4 nitrogen and oxygen atoms in total. The molecule has 0 amide bonds. The molecule has 1 N–H and O–H groups in total. The Morgan fingerprint density at radius 2 is 2.15 bits per heavy atom. The summed E-state index contributed by atoms with van der Waals surface area (Å²) in [6.07, 6.45) is 3.15. The highest BCUT2D eigenvalue weighted by atomic mass is 32.2. The molecule has 0 saturated heterocycles. The summed E-state index contributed by atoms with van der Waals surface area (Å²) in [5.41, 5.74) is 0.331. The van der Waals surface area contributed by atoms with Crippen LogP contribution in [0.3, 0.4) is 0 Å². The van der Waals surface area contributed by atoms with Crippen molar-refractivity contribution in [3.63, 3.8) is 0 Å². The minimum atomic E-state index is -3.77. The molecule has 1 aliphatic carbocycles. The van der Waals surface area contributed by atoms with Crippen LogP contribution in [0.2, 0.25) is 0 Å². The van der Waals surface area contributed by atoms with Crippen molar-refractivity contribution in [2.75, 3.05) is 6.54 Å². The monoisotopic (exact) mass is 299 g/mol. The summed E-state index contributed by atoms with van der Waals surface area (Å²) < 4.78 is 40.5. The molecule has 1 saturated carbocycles. The Morgan fingerprint density at radius 3 is 2.65 bits per heavy atom. The molecule has 2 rings (SSSR count). The van der Waals surface area contributed by atoms with E-state index in [0.717, 1.165) is 18.9 Å². The van der Waals surface area contributed by atoms with Crippen LogP contribution in [0.15, 0.2) is 29.7 Å². The molecule has 0 spiro atoms. The Labute approximate surface area is 118 Å². The van der Waals surface area contributed by atoms with Crippen molar-refractivity contribution in [3.8, 4) is 0 Å². The number of halogens is 1. The highest BCUT2D eigenvalue weighted by molar-refractivity contribution is 7.89. The predicted molar refractivity (Wildman–Crippen MR) is 74.2 cm³/mol. The van der Waals surface area contributed by atoms with E-state index in [9.17, 15) is 12.8 Å². The number of sulfonamides is 1. The van der Waals surface area contributed by atoms with E-state index in [-0.39, 0.29) is 28.6 Å². The van der Waals surface area contributed by atoms with Gasteiger partial charge in [-0.15, -0.1) is 6.58 Å². The zero-order chi connectivity index (χ0) is 14.9. The Hall–Kier alpha value is -1.24. The van der Waals surface area contributed by atoms with Crippen molar-refractivity contribution in [2.45, 2.75) is 37.3 Å². The minimum Gasteiger partial charge on any atom is -0.392 e. The van der Waals surface area contributed by atoms with Crippen LogP contribution >= 0.6 is 0 Å². The second-order valence-corrected chi connectivity index (χ2v) is 6.81. The second kappa shape index (κ2) is 5.63. The van der Waals surface area contributed by atoms with Gasteiger partial charge in [-0.1, -0.05) is 6.08 Å². The lowest BCUT2D eigenvalue weighted by atomic mass is 10.1. The van der Waals surface area contributed by atoms with Crippen LogP contribution in [0.25, 0.3) is 0 Å². The molecular weight excluding hydrogens is 281 g/mol. The maximum absolute atomic E-state index is 13.8. The lowest BCUT2D eigenvalue weighted by molar-refractivity contribution is 0.280. The standard InChI is InChI=1S/C14H18FNO3S/c1-3-6-16(12-4-5-12)20(18,19)14-8-11(9-17)7-13(15)10(14)2/h3,7-8,12,17H,1,4-6,9H2,2H3. The van der Waals surface area contributed by atoms with Crippen LogP contribution in [0, 0.1) is 12.7 Å². The van der Waals surface area contributed by atoms with Gasteiger partial charge in [0, 0.05) is 18.2 Å². The summed E-state index contributed by atoms with van der Waals surface area (Å²) in [7, 11) is -3.77.